The summed E-state index contributed by atoms with van der Waals surface area (Å²) in [5.74, 6) is -0.291. The Morgan fingerprint density at radius 1 is 1.43 bits per heavy atom. The summed E-state index contributed by atoms with van der Waals surface area (Å²) >= 11 is 0. The van der Waals surface area contributed by atoms with E-state index in [0.717, 1.165) is 0 Å². The first-order chi connectivity index (χ1) is 11.0. The van der Waals surface area contributed by atoms with E-state index < -0.39 is 37.1 Å². The average Bonchev–Trinajstić information content (AvgIpc) is 3.06. The minimum atomic E-state index is -1.29. The van der Waals surface area contributed by atoms with E-state index in [-0.39, 0.29) is 5.56 Å². The highest BCUT2D eigenvalue weighted by molar-refractivity contribution is 6.09. The third kappa shape index (κ3) is 2.32. The molecule has 4 atom stereocenters. The van der Waals surface area contributed by atoms with Gasteiger partial charge < -0.3 is 35.7 Å². The van der Waals surface area contributed by atoms with E-state index >= 15 is 0 Å². The molecule has 2 unspecified atom stereocenters. The van der Waals surface area contributed by atoms with Gasteiger partial charge in [0.25, 0.3) is 5.91 Å². The number of aliphatic hydroxyl groups excluding tert-OH is 3. The number of ether oxygens (including phenoxy) is 1. The van der Waals surface area contributed by atoms with E-state index in [9.17, 15) is 20.1 Å². The number of carbonyl (C=O) groups excluding carboxylic acids is 1. The van der Waals surface area contributed by atoms with Crippen molar-refractivity contribution in [2.45, 2.75) is 24.5 Å². The molecule has 3 heterocycles. The van der Waals surface area contributed by atoms with Crippen molar-refractivity contribution in [2.75, 3.05) is 19.0 Å². The van der Waals surface area contributed by atoms with Crippen LogP contribution >= 0.6 is 0 Å². The molecule has 3 rings (SSSR count). The lowest BCUT2D eigenvalue weighted by Crippen LogP contribution is -2.33. The van der Waals surface area contributed by atoms with Crippen molar-refractivity contribution < 1.29 is 24.9 Å². The standard InChI is InChI=1S/C13H17N5O5/c1-15-11-7-5(10(14)22)2-18(12(7)17-4-16-11)13-9(21)8(20)6(3-19)23-13/h2,4,6,8-9,13,19-21H,3H2,1H3,(H2,14,22)(H,15,16,17)/t6-,8?,9?,13-/m1/s1. The third-order valence-corrected chi connectivity index (χ3v) is 3.90. The smallest absolute Gasteiger partial charge is 0.251 e. The van der Waals surface area contributed by atoms with Crippen LogP contribution < -0.4 is 11.1 Å². The molecule has 1 aliphatic rings. The molecule has 0 aromatic carbocycles. The molecule has 2 aromatic heterocycles. The van der Waals surface area contributed by atoms with Gasteiger partial charge >= 0.3 is 0 Å². The summed E-state index contributed by atoms with van der Waals surface area (Å²) in [7, 11) is 1.64. The summed E-state index contributed by atoms with van der Waals surface area (Å²) in [6.07, 6.45) is -1.83. The first-order valence-corrected chi connectivity index (χ1v) is 6.95. The molecule has 1 amide bonds. The van der Waals surface area contributed by atoms with E-state index in [1.54, 1.807) is 7.05 Å². The Kier molecular flexibility index (Phi) is 3.90. The van der Waals surface area contributed by atoms with Gasteiger partial charge in [0.1, 0.15) is 36.1 Å². The van der Waals surface area contributed by atoms with Crippen molar-refractivity contribution in [2.24, 2.45) is 5.73 Å². The van der Waals surface area contributed by atoms with Gasteiger partial charge in [-0.3, -0.25) is 4.79 Å². The second-order valence-electron chi connectivity index (χ2n) is 5.21. The van der Waals surface area contributed by atoms with Gasteiger partial charge in [0.15, 0.2) is 6.23 Å². The Labute approximate surface area is 130 Å². The molecule has 0 spiro atoms. The number of amides is 1. The fourth-order valence-corrected chi connectivity index (χ4v) is 2.77. The Morgan fingerprint density at radius 3 is 2.74 bits per heavy atom. The highest BCUT2D eigenvalue weighted by Crippen LogP contribution is 2.34. The Balaban J connectivity index is 2.18. The number of nitrogens with zero attached hydrogens (tertiary/aromatic N) is 3. The largest absolute Gasteiger partial charge is 0.394 e. The zero-order valence-electron chi connectivity index (χ0n) is 12.2. The summed E-state index contributed by atoms with van der Waals surface area (Å²) in [4.78, 5) is 19.9. The van der Waals surface area contributed by atoms with Crippen molar-refractivity contribution in [3.05, 3.63) is 18.1 Å². The Hall–Kier alpha value is -2.27. The Bertz CT molecular complexity index is 748. The van der Waals surface area contributed by atoms with Gasteiger partial charge in [-0.05, 0) is 0 Å². The van der Waals surface area contributed by atoms with Crippen molar-refractivity contribution in [3.8, 4) is 0 Å². The van der Waals surface area contributed by atoms with Gasteiger partial charge in [0.2, 0.25) is 0 Å². The molecule has 1 aliphatic heterocycles. The van der Waals surface area contributed by atoms with Crippen LogP contribution in [-0.2, 0) is 4.74 Å². The normalized spacial score (nSPS) is 27.5. The average molecular weight is 323 g/mol. The number of aromatic nitrogens is 3. The summed E-state index contributed by atoms with van der Waals surface area (Å²) < 4.78 is 6.88. The van der Waals surface area contributed by atoms with Crippen LogP contribution in [0.25, 0.3) is 11.0 Å². The number of hydrogen-bond acceptors (Lipinski definition) is 8. The molecule has 10 heteroatoms. The number of fused-ring (bicyclic) bond motifs is 1. The molecule has 2 aromatic rings. The quantitative estimate of drug-likeness (QED) is 0.440. The fourth-order valence-electron chi connectivity index (χ4n) is 2.77. The molecule has 1 saturated heterocycles. The fraction of sp³-hybridized carbons (Fsp3) is 0.462. The van der Waals surface area contributed by atoms with Crippen LogP contribution in [0.2, 0.25) is 0 Å². The van der Waals surface area contributed by atoms with E-state index in [1.165, 1.54) is 17.1 Å². The second-order valence-corrected chi connectivity index (χ2v) is 5.21. The van der Waals surface area contributed by atoms with Crippen LogP contribution in [-0.4, -0.2) is 67.7 Å². The van der Waals surface area contributed by atoms with Crippen LogP contribution in [0.4, 0.5) is 5.82 Å². The number of nitrogens with two attached hydrogens (primary N) is 1. The molecule has 0 radical (unpaired) electrons. The molecule has 0 bridgehead atoms. The van der Waals surface area contributed by atoms with Crippen LogP contribution in [0.15, 0.2) is 12.5 Å². The van der Waals surface area contributed by atoms with Gasteiger partial charge in [-0.15, -0.1) is 0 Å². The van der Waals surface area contributed by atoms with Crippen LogP contribution in [0.1, 0.15) is 16.6 Å². The number of primary amides is 1. The minimum Gasteiger partial charge on any atom is -0.394 e. The van der Waals surface area contributed by atoms with Crippen molar-refractivity contribution in [1.29, 1.82) is 0 Å². The zero-order chi connectivity index (χ0) is 16.7. The molecule has 6 N–H and O–H groups in total. The second kappa shape index (κ2) is 5.74. The van der Waals surface area contributed by atoms with Gasteiger partial charge in [-0.1, -0.05) is 0 Å². The van der Waals surface area contributed by atoms with Crippen LogP contribution in [0.5, 0.6) is 0 Å². The molecule has 1 fully saturated rings. The molecule has 0 saturated carbocycles. The highest BCUT2D eigenvalue weighted by atomic mass is 16.6. The molecule has 23 heavy (non-hydrogen) atoms. The van der Waals surface area contributed by atoms with E-state index in [2.05, 4.69) is 15.3 Å². The number of anilines is 1. The highest BCUT2D eigenvalue weighted by Gasteiger charge is 2.44. The minimum absolute atomic E-state index is 0.155. The lowest BCUT2D eigenvalue weighted by molar-refractivity contribution is -0.0508. The zero-order valence-corrected chi connectivity index (χ0v) is 12.2. The number of nitrogens with one attached hydrogen (secondary N) is 1. The van der Waals surface area contributed by atoms with Crippen molar-refractivity contribution in [3.63, 3.8) is 0 Å². The summed E-state index contributed by atoms with van der Waals surface area (Å²) in [6, 6.07) is 0. The molecular weight excluding hydrogens is 306 g/mol. The topological polar surface area (TPSA) is 156 Å². The maximum absolute atomic E-state index is 11.7. The van der Waals surface area contributed by atoms with E-state index in [1.807, 2.05) is 0 Å². The number of carbonyl (C=O) groups is 1. The maximum atomic E-state index is 11.7. The molecule has 10 nitrogen and oxygen atoms in total. The van der Waals surface area contributed by atoms with Crippen LogP contribution in [0.3, 0.4) is 0 Å². The van der Waals surface area contributed by atoms with Gasteiger partial charge in [0, 0.05) is 13.2 Å². The van der Waals surface area contributed by atoms with Crippen LogP contribution in [0, 0.1) is 0 Å². The van der Waals surface area contributed by atoms with E-state index in [4.69, 9.17) is 10.5 Å². The Morgan fingerprint density at radius 2 is 2.17 bits per heavy atom. The maximum Gasteiger partial charge on any atom is 0.251 e. The summed E-state index contributed by atoms with van der Waals surface area (Å²) in [6.45, 7) is -0.451. The molecular formula is C13H17N5O5. The third-order valence-electron chi connectivity index (χ3n) is 3.90. The first-order valence-electron chi connectivity index (χ1n) is 6.95. The van der Waals surface area contributed by atoms with Crippen molar-refractivity contribution >= 4 is 22.8 Å². The molecule has 0 aliphatic carbocycles. The SMILES string of the molecule is CNc1ncnc2c1c(C(N)=O)cn2[C@@H]1O[C@H](CO)C(O)C1O. The van der Waals surface area contributed by atoms with Crippen molar-refractivity contribution in [1.82, 2.24) is 14.5 Å². The summed E-state index contributed by atoms with van der Waals surface area (Å²) in [5, 5.41) is 32.5. The lowest BCUT2D eigenvalue weighted by Gasteiger charge is -2.17. The predicted octanol–water partition coefficient (Wildman–Crippen LogP) is -1.82. The monoisotopic (exact) mass is 323 g/mol. The lowest BCUT2D eigenvalue weighted by atomic mass is 10.1. The number of aliphatic hydroxyl groups is 3. The number of hydrogen-bond donors (Lipinski definition) is 5. The first kappa shape index (κ1) is 15.6. The van der Waals surface area contributed by atoms with Gasteiger partial charge in [0.05, 0.1) is 17.6 Å². The number of rotatable bonds is 4. The van der Waals surface area contributed by atoms with Gasteiger partial charge in [-0.25, -0.2) is 9.97 Å². The van der Waals surface area contributed by atoms with E-state index in [0.29, 0.717) is 16.9 Å². The summed E-state index contributed by atoms with van der Waals surface area (Å²) in [5.41, 5.74) is 5.87. The molecule has 124 valence electrons. The van der Waals surface area contributed by atoms with Gasteiger partial charge in [-0.2, -0.15) is 0 Å². The predicted molar refractivity (Wildman–Crippen MR) is 78.6 cm³/mol.